The number of ether oxygens (including phenoxy) is 1. The minimum absolute atomic E-state index is 0.426. The Morgan fingerprint density at radius 1 is 1.10 bits per heavy atom. The van der Waals surface area contributed by atoms with Gasteiger partial charge in [0.2, 0.25) is 0 Å². The second-order valence-corrected chi connectivity index (χ2v) is 5.44. The van der Waals surface area contributed by atoms with Crippen molar-refractivity contribution in [2.75, 3.05) is 7.11 Å². The van der Waals surface area contributed by atoms with E-state index in [-0.39, 0.29) is 0 Å². The minimum atomic E-state index is 0.426. The largest absolute Gasteiger partial charge is 0.495 e. The van der Waals surface area contributed by atoms with Crippen molar-refractivity contribution < 1.29 is 4.74 Å². The molecular formula is C16H10Cl3NO. The van der Waals surface area contributed by atoms with E-state index in [0.29, 0.717) is 32.0 Å². The molecule has 2 aromatic rings. The molecule has 0 bridgehead atoms. The Labute approximate surface area is 138 Å². The van der Waals surface area contributed by atoms with Crippen molar-refractivity contribution in [1.29, 1.82) is 5.26 Å². The molecule has 2 nitrogen and oxygen atoms in total. The maximum Gasteiger partial charge on any atom is 0.137 e. The van der Waals surface area contributed by atoms with E-state index in [1.807, 2.05) is 6.07 Å². The normalized spacial score (nSPS) is 11.1. The lowest BCUT2D eigenvalue weighted by atomic mass is 10.0. The molecule has 0 unspecified atom stereocenters. The molecule has 5 heteroatoms. The van der Waals surface area contributed by atoms with Gasteiger partial charge in [-0.05, 0) is 35.9 Å². The first-order valence-electron chi connectivity index (χ1n) is 5.96. The Morgan fingerprint density at radius 3 is 2.43 bits per heavy atom. The number of rotatable bonds is 3. The molecule has 0 heterocycles. The van der Waals surface area contributed by atoms with Crippen molar-refractivity contribution in [2.45, 2.75) is 0 Å². The molecule has 0 aliphatic rings. The number of hydrogen-bond acceptors (Lipinski definition) is 2. The fourth-order valence-electron chi connectivity index (χ4n) is 1.82. The van der Waals surface area contributed by atoms with Gasteiger partial charge in [-0.2, -0.15) is 5.26 Å². The van der Waals surface area contributed by atoms with Crippen LogP contribution in [0.5, 0.6) is 5.75 Å². The van der Waals surface area contributed by atoms with Crippen LogP contribution in [0.25, 0.3) is 11.6 Å². The number of hydrogen-bond donors (Lipinski definition) is 0. The van der Waals surface area contributed by atoms with Crippen molar-refractivity contribution in [3.8, 4) is 11.8 Å². The zero-order valence-electron chi connectivity index (χ0n) is 11.0. The van der Waals surface area contributed by atoms with Gasteiger partial charge in [-0.1, -0.05) is 46.9 Å². The molecule has 0 saturated carbocycles. The summed E-state index contributed by atoms with van der Waals surface area (Å²) in [4.78, 5) is 0. The van der Waals surface area contributed by atoms with Gasteiger partial charge < -0.3 is 4.74 Å². The van der Waals surface area contributed by atoms with E-state index in [2.05, 4.69) is 6.07 Å². The third kappa shape index (κ3) is 3.71. The summed E-state index contributed by atoms with van der Waals surface area (Å²) in [6.45, 7) is 0. The fourth-order valence-corrected chi connectivity index (χ4v) is 2.59. The molecule has 0 radical (unpaired) electrons. The number of nitrogens with zero attached hydrogens (tertiary/aromatic N) is 1. The van der Waals surface area contributed by atoms with Crippen molar-refractivity contribution in [2.24, 2.45) is 0 Å². The average Bonchev–Trinajstić information content (AvgIpc) is 2.45. The highest BCUT2D eigenvalue weighted by molar-refractivity contribution is 6.36. The highest BCUT2D eigenvalue weighted by atomic mass is 35.5. The second kappa shape index (κ2) is 6.87. The van der Waals surface area contributed by atoms with Crippen LogP contribution in [0.2, 0.25) is 15.1 Å². The number of nitriles is 1. The summed E-state index contributed by atoms with van der Waals surface area (Å²) in [5.74, 6) is 0.580. The van der Waals surface area contributed by atoms with E-state index in [1.165, 1.54) is 0 Å². The lowest BCUT2D eigenvalue weighted by molar-refractivity contribution is 0.415. The number of benzene rings is 2. The summed E-state index contributed by atoms with van der Waals surface area (Å²) in [7, 11) is 1.55. The fraction of sp³-hybridized carbons (Fsp3) is 0.0625. The van der Waals surface area contributed by atoms with Gasteiger partial charge in [-0.25, -0.2) is 0 Å². The van der Waals surface area contributed by atoms with Gasteiger partial charge in [-0.3, -0.25) is 0 Å². The highest BCUT2D eigenvalue weighted by Gasteiger charge is 2.08. The van der Waals surface area contributed by atoms with Crippen LogP contribution in [-0.2, 0) is 0 Å². The molecule has 0 aromatic heterocycles. The van der Waals surface area contributed by atoms with Crippen LogP contribution in [0.4, 0.5) is 0 Å². The van der Waals surface area contributed by atoms with Crippen LogP contribution in [0.1, 0.15) is 11.1 Å². The third-order valence-corrected chi connectivity index (χ3v) is 3.67. The van der Waals surface area contributed by atoms with Crippen LogP contribution in [-0.4, -0.2) is 7.11 Å². The Kier molecular flexibility index (Phi) is 5.14. The highest BCUT2D eigenvalue weighted by Crippen LogP contribution is 2.30. The quantitative estimate of drug-likeness (QED) is 0.529. The molecule has 0 aliphatic carbocycles. The Hall–Kier alpha value is -1.66. The summed E-state index contributed by atoms with van der Waals surface area (Å²) in [5, 5.41) is 10.8. The first-order chi connectivity index (χ1) is 10.0. The number of methoxy groups -OCH3 is 1. The topological polar surface area (TPSA) is 33.0 Å². The van der Waals surface area contributed by atoms with Crippen molar-refractivity contribution in [3.05, 3.63) is 62.6 Å². The van der Waals surface area contributed by atoms with E-state index in [4.69, 9.17) is 39.5 Å². The van der Waals surface area contributed by atoms with Crippen molar-refractivity contribution in [3.63, 3.8) is 0 Å². The van der Waals surface area contributed by atoms with Crippen LogP contribution in [0.15, 0.2) is 36.4 Å². The van der Waals surface area contributed by atoms with Gasteiger partial charge in [0.05, 0.1) is 28.8 Å². The molecule has 21 heavy (non-hydrogen) atoms. The average molecular weight is 339 g/mol. The molecule has 0 N–H and O–H groups in total. The number of halogens is 3. The lowest BCUT2D eigenvalue weighted by Crippen LogP contribution is -1.86. The van der Waals surface area contributed by atoms with Gasteiger partial charge in [-0.15, -0.1) is 0 Å². The summed E-state index contributed by atoms with van der Waals surface area (Å²) in [5.41, 5.74) is 1.83. The first-order valence-corrected chi connectivity index (χ1v) is 7.09. The van der Waals surface area contributed by atoms with Gasteiger partial charge in [0.15, 0.2) is 0 Å². The van der Waals surface area contributed by atoms with Gasteiger partial charge in [0.25, 0.3) is 0 Å². The van der Waals surface area contributed by atoms with E-state index in [1.54, 1.807) is 43.5 Å². The SMILES string of the molecule is COc1ccc(/C=C(\C#N)c2ccc(Cl)cc2Cl)cc1Cl. The van der Waals surface area contributed by atoms with E-state index < -0.39 is 0 Å². The Morgan fingerprint density at radius 2 is 1.86 bits per heavy atom. The maximum atomic E-state index is 9.34. The maximum absolute atomic E-state index is 9.34. The lowest BCUT2D eigenvalue weighted by Gasteiger charge is -2.05. The van der Waals surface area contributed by atoms with E-state index in [0.717, 1.165) is 5.56 Å². The molecule has 0 aliphatic heterocycles. The van der Waals surface area contributed by atoms with Crippen molar-refractivity contribution in [1.82, 2.24) is 0 Å². The molecule has 0 amide bonds. The zero-order valence-corrected chi connectivity index (χ0v) is 13.3. The van der Waals surface area contributed by atoms with Crippen LogP contribution < -0.4 is 4.74 Å². The molecule has 0 fully saturated rings. The van der Waals surface area contributed by atoms with Crippen LogP contribution in [0, 0.1) is 11.3 Å². The van der Waals surface area contributed by atoms with Gasteiger partial charge in [0.1, 0.15) is 5.75 Å². The number of allylic oxidation sites excluding steroid dienone is 1. The second-order valence-electron chi connectivity index (χ2n) is 4.19. The molecule has 0 spiro atoms. The van der Waals surface area contributed by atoms with Gasteiger partial charge >= 0.3 is 0 Å². The first kappa shape index (κ1) is 15.7. The molecule has 0 atom stereocenters. The van der Waals surface area contributed by atoms with Crippen LogP contribution in [0.3, 0.4) is 0 Å². The summed E-state index contributed by atoms with van der Waals surface area (Å²) in [6.07, 6.45) is 1.71. The standard InChI is InChI=1S/C16H10Cl3NO/c1-21-16-5-2-10(7-15(16)19)6-11(9-20)13-4-3-12(17)8-14(13)18/h2-8H,1H3/b11-6+. The van der Waals surface area contributed by atoms with E-state index >= 15 is 0 Å². The van der Waals surface area contributed by atoms with Crippen LogP contribution >= 0.6 is 34.8 Å². The summed E-state index contributed by atoms with van der Waals surface area (Å²) >= 11 is 18.1. The predicted molar refractivity (Wildman–Crippen MR) is 88.0 cm³/mol. The Balaban J connectivity index is 2.46. The molecule has 2 rings (SSSR count). The van der Waals surface area contributed by atoms with Gasteiger partial charge in [0, 0.05) is 10.6 Å². The molecular weight excluding hydrogens is 329 g/mol. The van der Waals surface area contributed by atoms with E-state index in [9.17, 15) is 5.26 Å². The summed E-state index contributed by atoms with van der Waals surface area (Å²) in [6, 6.07) is 12.4. The zero-order chi connectivity index (χ0) is 15.4. The molecule has 106 valence electrons. The molecule has 0 saturated heterocycles. The van der Waals surface area contributed by atoms with Crippen molar-refractivity contribution >= 4 is 46.5 Å². The predicted octanol–water partition coefficient (Wildman–Crippen LogP) is 5.72. The minimum Gasteiger partial charge on any atom is -0.495 e. The molecule has 2 aromatic carbocycles. The summed E-state index contributed by atoms with van der Waals surface area (Å²) < 4.78 is 5.09. The Bertz CT molecular complexity index is 748. The third-order valence-electron chi connectivity index (χ3n) is 2.83. The monoisotopic (exact) mass is 337 g/mol. The smallest absolute Gasteiger partial charge is 0.137 e.